The van der Waals surface area contributed by atoms with Crippen molar-refractivity contribution in [1.29, 1.82) is 0 Å². The number of hydrogen-bond acceptors (Lipinski definition) is 4. The van der Waals surface area contributed by atoms with E-state index in [2.05, 4.69) is 98.0 Å². The van der Waals surface area contributed by atoms with Crippen molar-refractivity contribution in [2.24, 2.45) is 10.9 Å². The molecule has 1 N–H and O–H groups in total. The van der Waals surface area contributed by atoms with Crippen molar-refractivity contribution in [2.75, 3.05) is 12.4 Å². The second-order valence-electron chi connectivity index (χ2n) is 10.7. The highest BCUT2D eigenvalue weighted by Gasteiger charge is 2.37. The van der Waals surface area contributed by atoms with Crippen molar-refractivity contribution < 1.29 is 9.47 Å². The average molecular weight is 549 g/mol. The molecular formula is C35H33ClN2O2. The van der Waals surface area contributed by atoms with E-state index in [1.54, 1.807) is 7.11 Å². The lowest BCUT2D eigenvalue weighted by Crippen LogP contribution is -2.29. The molecule has 4 aromatic carbocycles. The lowest BCUT2D eigenvalue weighted by Gasteiger charge is -2.37. The van der Waals surface area contributed by atoms with Crippen LogP contribution >= 0.6 is 11.6 Å². The Morgan fingerprint density at radius 1 is 0.950 bits per heavy atom. The Bertz CT molecular complexity index is 1570. The van der Waals surface area contributed by atoms with Crippen LogP contribution in [0, 0.1) is 19.8 Å². The zero-order chi connectivity index (χ0) is 27.6. The van der Waals surface area contributed by atoms with Gasteiger partial charge in [0.15, 0.2) is 11.5 Å². The quantitative estimate of drug-likeness (QED) is 0.185. The molecule has 0 fully saturated rings. The molecule has 6 rings (SSSR count). The van der Waals surface area contributed by atoms with Gasteiger partial charge in [0.25, 0.3) is 0 Å². The second kappa shape index (κ2) is 11.2. The Kier molecular flexibility index (Phi) is 7.36. The van der Waals surface area contributed by atoms with Gasteiger partial charge in [-0.15, -0.1) is 0 Å². The molecule has 4 nitrogen and oxygen atoms in total. The molecule has 0 spiro atoms. The highest BCUT2D eigenvalue weighted by atomic mass is 35.5. The van der Waals surface area contributed by atoms with Gasteiger partial charge in [0, 0.05) is 17.8 Å². The van der Waals surface area contributed by atoms with Crippen LogP contribution < -0.4 is 14.8 Å². The van der Waals surface area contributed by atoms with E-state index in [0.717, 1.165) is 23.2 Å². The first-order chi connectivity index (χ1) is 19.5. The predicted octanol–water partition coefficient (Wildman–Crippen LogP) is 9.12. The number of aliphatic imine (C=N–C) groups is 1. The number of benzene rings is 4. The smallest absolute Gasteiger partial charge is 0.180 e. The molecular weight excluding hydrogens is 516 g/mol. The molecule has 0 aromatic heterocycles. The number of methoxy groups -OCH3 is 1. The van der Waals surface area contributed by atoms with Gasteiger partial charge in [0.1, 0.15) is 6.61 Å². The maximum Gasteiger partial charge on any atom is 0.180 e. The molecule has 0 amide bonds. The minimum atomic E-state index is 0.267. The molecule has 0 radical (unpaired) electrons. The summed E-state index contributed by atoms with van der Waals surface area (Å²) in [6.07, 6.45) is 7.61. The van der Waals surface area contributed by atoms with Crippen LogP contribution in [0.4, 0.5) is 11.4 Å². The van der Waals surface area contributed by atoms with E-state index in [9.17, 15) is 0 Å². The van der Waals surface area contributed by atoms with Gasteiger partial charge in [-0.2, -0.15) is 0 Å². The summed E-state index contributed by atoms with van der Waals surface area (Å²) in [5, 5.41) is 4.31. The van der Waals surface area contributed by atoms with Crippen molar-refractivity contribution in [1.82, 2.24) is 0 Å². The molecule has 3 atom stereocenters. The predicted molar refractivity (Wildman–Crippen MR) is 165 cm³/mol. The third-order valence-corrected chi connectivity index (χ3v) is 8.17. The number of halogens is 1. The second-order valence-corrected chi connectivity index (χ2v) is 11.1. The van der Waals surface area contributed by atoms with E-state index in [1.807, 2.05) is 18.3 Å². The number of nitrogens with one attached hydrogen (secondary N) is 1. The van der Waals surface area contributed by atoms with Gasteiger partial charge in [-0.25, -0.2) is 0 Å². The van der Waals surface area contributed by atoms with Gasteiger partial charge in [0.2, 0.25) is 0 Å². The van der Waals surface area contributed by atoms with Gasteiger partial charge < -0.3 is 14.8 Å². The average Bonchev–Trinajstić information content (AvgIpc) is 3.47. The Balaban J connectivity index is 1.16. The van der Waals surface area contributed by atoms with Crippen LogP contribution in [0.15, 0.2) is 96.0 Å². The normalized spacial score (nSPS) is 19.2. The molecule has 202 valence electrons. The van der Waals surface area contributed by atoms with Crippen LogP contribution in [0.1, 0.15) is 51.8 Å². The molecule has 40 heavy (non-hydrogen) atoms. The highest BCUT2D eigenvalue weighted by molar-refractivity contribution is 6.32. The highest BCUT2D eigenvalue weighted by Crippen LogP contribution is 2.50. The van der Waals surface area contributed by atoms with E-state index < -0.39 is 0 Å². The molecule has 5 heteroatoms. The monoisotopic (exact) mass is 548 g/mol. The molecule has 1 aliphatic carbocycles. The minimum absolute atomic E-state index is 0.267. The third-order valence-electron chi connectivity index (χ3n) is 7.89. The molecule has 1 aliphatic heterocycles. The molecule has 1 heterocycles. The first kappa shape index (κ1) is 26.2. The number of rotatable bonds is 7. The zero-order valence-electron chi connectivity index (χ0n) is 23.0. The summed E-state index contributed by atoms with van der Waals surface area (Å²) in [5.41, 5.74) is 9.25. The maximum atomic E-state index is 6.60. The van der Waals surface area contributed by atoms with Crippen LogP contribution in [0.2, 0.25) is 5.02 Å². The Morgan fingerprint density at radius 2 is 1.73 bits per heavy atom. The maximum absolute atomic E-state index is 6.60. The first-order valence-electron chi connectivity index (χ1n) is 13.7. The topological polar surface area (TPSA) is 42.8 Å². The fraction of sp³-hybridized carbons (Fsp3) is 0.229. The summed E-state index contributed by atoms with van der Waals surface area (Å²) in [6, 6.07) is 27.5. The molecule has 0 saturated carbocycles. The molecule has 0 saturated heterocycles. The lowest BCUT2D eigenvalue weighted by molar-refractivity contribution is 0.284. The summed E-state index contributed by atoms with van der Waals surface area (Å²) < 4.78 is 11.6. The summed E-state index contributed by atoms with van der Waals surface area (Å²) in [6.45, 7) is 4.64. The summed E-state index contributed by atoms with van der Waals surface area (Å²) in [7, 11) is 1.62. The Morgan fingerprint density at radius 3 is 2.50 bits per heavy atom. The number of fused-ring (bicyclic) bond motifs is 3. The summed E-state index contributed by atoms with van der Waals surface area (Å²) in [4.78, 5) is 4.71. The van der Waals surface area contributed by atoms with E-state index in [1.165, 1.54) is 27.9 Å². The van der Waals surface area contributed by atoms with Crippen LogP contribution in [0.5, 0.6) is 11.5 Å². The molecule has 2 aliphatic rings. The third kappa shape index (κ3) is 5.37. The van der Waals surface area contributed by atoms with E-state index >= 15 is 0 Å². The Hall–Kier alpha value is -4.02. The minimum Gasteiger partial charge on any atom is -0.493 e. The Labute approximate surface area is 241 Å². The van der Waals surface area contributed by atoms with Gasteiger partial charge in [-0.3, -0.25) is 4.99 Å². The van der Waals surface area contributed by atoms with Crippen molar-refractivity contribution in [3.05, 3.63) is 129 Å². The zero-order valence-corrected chi connectivity index (χ0v) is 23.8. The number of ether oxygens (including phenoxy) is 2. The van der Waals surface area contributed by atoms with Crippen LogP contribution in [-0.2, 0) is 6.61 Å². The number of nitrogens with zero attached hydrogens (tertiary/aromatic N) is 1. The van der Waals surface area contributed by atoms with Crippen LogP contribution in [-0.4, -0.2) is 13.3 Å². The summed E-state index contributed by atoms with van der Waals surface area (Å²) in [5.74, 6) is 2.09. The van der Waals surface area contributed by atoms with E-state index in [0.29, 0.717) is 35.0 Å². The number of hydrogen-bond donors (Lipinski definition) is 1. The standard InChI is InChI=1S/C35H33ClN2O2/c1-22-7-10-24(11-8-22)21-40-35-31(36)18-25(19-33(35)39-3)20-37-27-14-12-26(13-15-27)34-29-6-4-5-28(29)30-17-23(2)9-16-32(30)38-34/h4-5,7-20,28-29,34,38H,6,21H2,1-3H3/t28-,29+,34+/m1/s1. The van der Waals surface area contributed by atoms with Gasteiger partial charge in [0.05, 0.1) is 23.9 Å². The van der Waals surface area contributed by atoms with Crippen LogP contribution in [0.3, 0.4) is 0 Å². The largest absolute Gasteiger partial charge is 0.493 e. The fourth-order valence-corrected chi connectivity index (χ4v) is 6.03. The van der Waals surface area contributed by atoms with E-state index in [-0.39, 0.29) is 6.04 Å². The fourth-order valence-electron chi connectivity index (χ4n) is 5.75. The van der Waals surface area contributed by atoms with Crippen LogP contribution in [0.25, 0.3) is 0 Å². The lowest BCUT2D eigenvalue weighted by atomic mass is 9.76. The van der Waals surface area contributed by atoms with Crippen molar-refractivity contribution in [3.63, 3.8) is 0 Å². The van der Waals surface area contributed by atoms with Gasteiger partial charge >= 0.3 is 0 Å². The summed E-state index contributed by atoms with van der Waals surface area (Å²) >= 11 is 6.60. The number of aryl methyl sites for hydroxylation is 2. The SMILES string of the molecule is COc1cc(C=Nc2ccc([C@@H]3Nc4ccc(C)cc4[C@@H]4C=CC[C@@H]43)cc2)cc(Cl)c1OCc1ccc(C)cc1. The molecule has 4 aromatic rings. The molecule has 0 bridgehead atoms. The first-order valence-corrected chi connectivity index (χ1v) is 14.1. The van der Waals surface area contributed by atoms with Crippen molar-refractivity contribution >= 4 is 29.2 Å². The number of allylic oxidation sites excluding steroid dienone is 2. The number of anilines is 1. The van der Waals surface area contributed by atoms with Crippen molar-refractivity contribution in [2.45, 2.75) is 38.8 Å². The van der Waals surface area contributed by atoms with Gasteiger partial charge in [-0.1, -0.05) is 83.4 Å². The van der Waals surface area contributed by atoms with Crippen molar-refractivity contribution in [3.8, 4) is 11.5 Å². The molecule has 0 unspecified atom stereocenters. The van der Waals surface area contributed by atoms with Gasteiger partial charge in [-0.05, 0) is 78.8 Å². The van der Waals surface area contributed by atoms with E-state index in [4.69, 9.17) is 26.1 Å².